The number of halogens is 1. The molecule has 2 aromatic carbocycles. The minimum absolute atomic E-state index is 0.0847. The predicted octanol–water partition coefficient (Wildman–Crippen LogP) is 4.40. The number of hydrogen-bond donors (Lipinski definition) is 2. The molecule has 0 bridgehead atoms. The Morgan fingerprint density at radius 1 is 1.12 bits per heavy atom. The van der Waals surface area contributed by atoms with Crippen LogP contribution in [0.1, 0.15) is 39.4 Å². The van der Waals surface area contributed by atoms with Crippen LogP contribution in [0.4, 0.5) is 5.69 Å². The average Bonchev–Trinajstić information content (AvgIpc) is 3.32. The lowest BCUT2D eigenvalue weighted by Gasteiger charge is -2.10. The summed E-state index contributed by atoms with van der Waals surface area (Å²) in [7, 11) is 0. The number of carboxylic acid groups (broad SMARTS) is 1. The second kappa shape index (κ2) is 6.29. The molecule has 2 N–H and O–H groups in total. The number of anilines is 1. The van der Waals surface area contributed by atoms with Crippen molar-refractivity contribution in [2.45, 2.75) is 26.2 Å². The molecule has 0 unspecified atom stereocenters. The molecule has 1 aliphatic carbocycles. The summed E-state index contributed by atoms with van der Waals surface area (Å²) in [6, 6.07) is 10.9. The molecule has 24 heavy (non-hydrogen) atoms. The fourth-order valence-corrected chi connectivity index (χ4v) is 3.11. The van der Waals surface area contributed by atoms with E-state index in [2.05, 4.69) is 5.32 Å². The highest BCUT2D eigenvalue weighted by atomic mass is 35.5. The third-order valence-electron chi connectivity index (χ3n) is 4.53. The average molecular weight is 344 g/mol. The Labute approximate surface area is 145 Å². The SMILES string of the molecule is Cc1cc(Cl)c(C(=O)Nc2ccc([C@@H]3C[C@H]3C(=O)O)cc2)cc1C. The van der Waals surface area contributed by atoms with Crippen molar-refractivity contribution in [1.82, 2.24) is 0 Å². The predicted molar refractivity (Wildman–Crippen MR) is 93.8 cm³/mol. The van der Waals surface area contributed by atoms with Crippen molar-refractivity contribution >= 4 is 29.2 Å². The van der Waals surface area contributed by atoms with Crippen LogP contribution in [0.2, 0.25) is 5.02 Å². The number of benzene rings is 2. The Balaban J connectivity index is 1.71. The zero-order chi connectivity index (χ0) is 17.4. The molecule has 0 radical (unpaired) electrons. The quantitative estimate of drug-likeness (QED) is 0.864. The van der Waals surface area contributed by atoms with Crippen LogP contribution in [0.15, 0.2) is 36.4 Å². The highest BCUT2D eigenvalue weighted by molar-refractivity contribution is 6.34. The molecule has 4 nitrogen and oxygen atoms in total. The van der Waals surface area contributed by atoms with E-state index in [9.17, 15) is 9.59 Å². The zero-order valence-electron chi connectivity index (χ0n) is 13.5. The Morgan fingerprint density at radius 3 is 2.33 bits per heavy atom. The molecule has 0 aromatic heterocycles. The first-order chi connectivity index (χ1) is 11.4. The van der Waals surface area contributed by atoms with Gasteiger partial charge in [-0.2, -0.15) is 0 Å². The molecule has 0 saturated heterocycles. The maximum atomic E-state index is 12.4. The van der Waals surface area contributed by atoms with Crippen LogP contribution in [-0.2, 0) is 4.79 Å². The van der Waals surface area contributed by atoms with Crippen molar-refractivity contribution in [3.63, 3.8) is 0 Å². The standard InChI is InChI=1S/C19H18ClNO3/c1-10-7-16(17(20)8-11(10)2)18(22)21-13-5-3-12(4-6-13)14-9-15(14)19(23)24/h3-8,14-15H,9H2,1-2H3,(H,21,22)(H,23,24)/t14-,15+/m0/s1. The largest absolute Gasteiger partial charge is 0.481 e. The Morgan fingerprint density at radius 2 is 1.75 bits per heavy atom. The van der Waals surface area contributed by atoms with E-state index in [1.54, 1.807) is 24.3 Å². The Hall–Kier alpha value is -2.33. The lowest BCUT2D eigenvalue weighted by molar-refractivity contribution is -0.138. The molecule has 1 aliphatic rings. The van der Waals surface area contributed by atoms with Crippen LogP contribution in [0.3, 0.4) is 0 Å². The molecular formula is C19H18ClNO3. The third kappa shape index (κ3) is 3.29. The van der Waals surface area contributed by atoms with Gasteiger partial charge in [-0.1, -0.05) is 23.7 Å². The molecule has 0 aliphatic heterocycles. The number of aryl methyl sites for hydroxylation is 2. The first kappa shape index (κ1) is 16.5. The van der Waals surface area contributed by atoms with Gasteiger partial charge in [-0.25, -0.2) is 0 Å². The van der Waals surface area contributed by atoms with Gasteiger partial charge in [0.05, 0.1) is 16.5 Å². The number of aliphatic carboxylic acids is 1. The van der Waals surface area contributed by atoms with E-state index in [1.807, 2.05) is 26.0 Å². The van der Waals surface area contributed by atoms with Crippen LogP contribution in [0.25, 0.3) is 0 Å². The van der Waals surface area contributed by atoms with Crippen LogP contribution < -0.4 is 5.32 Å². The number of carbonyl (C=O) groups excluding carboxylic acids is 1. The summed E-state index contributed by atoms with van der Waals surface area (Å²) in [4.78, 5) is 23.3. The summed E-state index contributed by atoms with van der Waals surface area (Å²) < 4.78 is 0. The van der Waals surface area contributed by atoms with Gasteiger partial charge in [-0.3, -0.25) is 9.59 Å². The van der Waals surface area contributed by atoms with E-state index < -0.39 is 5.97 Å². The summed E-state index contributed by atoms with van der Waals surface area (Å²) in [6.45, 7) is 3.88. The Bertz CT molecular complexity index is 814. The number of hydrogen-bond acceptors (Lipinski definition) is 2. The van der Waals surface area contributed by atoms with E-state index in [4.69, 9.17) is 16.7 Å². The molecule has 5 heteroatoms. The van der Waals surface area contributed by atoms with Crippen molar-refractivity contribution in [2.75, 3.05) is 5.32 Å². The van der Waals surface area contributed by atoms with Crippen LogP contribution in [0, 0.1) is 19.8 Å². The van der Waals surface area contributed by atoms with E-state index >= 15 is 0 Å². The fraction of sp³-hybridized carbons (Fsp3) is 0.263. The van der Waals surface area contributed by atoms with Crippen LogP contribution in [-0.4, -0.2) is 17.0 Å². The second-order valence-electron chi connectivity index (χ2n) is 6.28. The molecule has 1 amide bonds. The molecule has 2 atom stereocenters. The maximum absolute atomic E-state index is 12.4. The van der Waals surface area contributed by atoms with Crippen molar-refractivity contribution < 1.29 is 14.7 Å². The molecule has 1 fully saturated rings. The van der Waals surface area contributed by atoms with E-state index in [0.29, 0.717) is 22.7 Å². The molecule has 1 saturated carbocycles. The van der Waals surface area contributed by atoms with Gasteiger partial charge >= 0.3 is 5.97 Å². The lowest BCUT2D eigenvalue weighted by Crippen LogP contribution is -2.13. The Kier molecular flexibility index (Phi) is 4.33. The monoisotopic (exact) mass is 343 g/mol. The van der Waals surface area contributed by atoms with Gasteiger partial charge in [0, 0.05) is 5.69 Å². The highest BCUT2D eigenvalue weighted by Gasteiger charge is 2.43. The van der Waals surface area contributed by atoms with Crippen molar-refractivity contribution in [3.8, 4) is 0 Å². The minimum Gasteiger partial charge on any atom is -0.481 e. The number of nitrogens with one attached hydrogen (secondary N) is 1. The van der Waals surface area contributed by atoms with Gasteiger partial charge < -0.3 is 10.4 Å². The van der Waals surface area contributed by atoms with Gasteiger partial charge in [0.2, 0.25) is 0 Å². The van der Waals surface area contributed by atoms with E-state index in [0.717, 1.165) is 16.7 Å². The highest BCUT2D eigenvalue weighted by Crippen LogP contribution is 2.47. The second-order valence-corrected chi connectivity index (χ2v) is 6.69. The summed E-state index contributed by atoms with van der Waals surface area (Å²) in [5.41, 5.74) is 4.14. The van der Waals surface area contributed by atoms with Gasteiger partial charge in [-0.05, 0) is 67.1 Å². The molecule has 124 valence electrons. The normalized spacial score (nSPS) is 19.0. The van der Waals surface area contributed by atoms with Gasteiger partial charge in [0.15, 0.2) is 0 Å². The van der Waals surface area contributed by atoms with Gasteiger partial charge in [-0.15, -0.1) is 0 Å². The fourth-order valence-electron chi connectivity index (χ4n) is 2.80. The number of carbonyl (C=O) groups is 2. The van der Waals surface area contributed by atoms with Crippen LogP contribution in [0.5, 0.6) is 0 Å². The van der Waals surface area contributed by atoms with Crippen molar-refractivity contribution in [3.05, 3.63) is 63.7 Å². The van der Waals surface area contributed by atoms with Crippen molar-refractivity contribution in [2.24, 2.45) is 5.92 Å². The van der Waals surface area contributed by atoms with Crippen molar-refractivity contribution in [1.29, 1.82) is 0 Å². The molecule has 2 aromatic rings. The minimum atomic E-state index is -0.748. The molecule has 0 heterocycles. The van der Waals surface area contributed by atoms with Crippen LogP contribution >= 0.6 is 11.6 Å². The van der Waals surface area contributed by atoms with Gasteiger partial charge in [0.25, 0.3) is 5.91 Å². The molecular weight excluding hydrogens is 326 g/mol. The lowest BCUT2D eigenvalue weighted by atomic mass is 10.1. The topological polar surface area (TPSA) is 66.4 Å². The first-order valence-electron chi connectivity index (χ1n) is 7.77. The number of rotatable bonds is 4. The molecule has 3 rings (SSSR count). The summed E-state index contributed by atoms with van der Waals surface area (Å²) >= 11 is 6.17. The summed E-state index contributed by atoms with van der Waals surface area (Å²) in [6.07, 6.45) is 0.680. The number of amides is 1. The maximum Gasteiger partial charge on any atom is 0.307 e. The van der Waals surface area contributed by atoms with E-state index in [-0.39, 0.29) is 17.7 Å². The smallest absolute Gasteiger partial charge is 0.307 e. The third-order valence-corrected chi connectivity index (χ3v) is 4.85. The zero-order valence-corrected chi connectivity index (χ0v) is 14.2. The van der Waals surface area contributed by atoms with Gasteiger partial charge in [0.1, 0.15) is 0 Å². The summed E-state index contributed by atoms with van der Waals surface area (Å²) in [5.74, 6) is -1.20. The molecule has 0 spiro atoms. The first-order valence-corrected chi connectivity index (χ1v) is 8.15. The number of carboxylic acids is 1. The summed E-state index contributed by atoms with van der Waals surface area (Å²) in [5, 5.41) is 12.2. The van der Waals surface area contributed by atoms with E-state index in [1.165, 1.54) is 0 Å².